The lowest BCUT2D eigenvalue weighted by Gasteiger charge is -2.33. The minimum atomic E-state index is -4.00. The number of halogens is 1. The van der Waals surface area contributed by atoms with E-state index in [0.29, 0.717) is 10.4 Å². The van der Waals surface area contributed by atoms with Crippen molar-refractivity contribution in [2.45, 2.75) is 76.6 Å². The maximum atomic E-state index is 13.3. The van der Waals surface area contributed by atoms with Gasteiger partial charge in [-0.3, -0.25) is 14.4 Å². The highest BCUT2D eigenvalue weighted by atomic mass is 35.5. The Balaban J connectivity index is 1.71. The molecule has 2 amide bonds. The third kappa shape index (κ3) is 7.00. The summed E-state index contributed by atoms with van der Waals surface area (Å²) >= 11 is 6.00. The molecule has 0 bridgehead atoms. The quantitative estimate of drug-likeness (QED) is 0.503. The Morgan fingerprint density at radius 1 is 1.14 bits per heavy atom. The summed E-state index contributed by atoms with van der Waals surface area (Å²) in [5.41, 5.74) is -0.693. The summed E-state index contributed by atoms with van der Waals surface area (Å²) in [6, 6.07) is 7.59. The molecule has 0 aromatic heterocycles. The molecule has 11 heteroatoms. The van der Waals surface area contributed by atoms with Gasteiger partial charge in [-0.05, 0) is 83.0 Å². The number of sulfonamides is 1. The number of nitrogens with one attached hydrogen (secondary N) is 1. The van der Waals surface area contributed by atoms with Crippen LogP contribution in [-0.4, -0.2) is 72.8 Å². The summed E-state index contributed by atoms with van der Waals surface area (Å²) in [7, 11) is -4.00. The van der Waals surface area contributed by atoms with E-state index in [1.807, 2.05) is 0 Å². The molecule has 0 unspecified atom stereocenters. The normalized spacial score (nSPS) is 17.4. The highest BCUT2D eigenvalue weighted by Crippen LogP contribution is 2.24. The van der Waals surface area contributed by atoms with Crippen LogP contribution >= 0.6 is 11.6 Å². The number of carbonyl (C=O) groups excluding carboxylic acids is 3. The van der Waals surface area contributed by atoms with Crippen molar-refractivity contribution in [3.63, 3.8) is 0 Å². The minimum absolute atomic E-state index is 0.0287. The molecule has 1 saturated heterocycles. The molecule has 0 radical (unpaired) electrons. The predicted molar refractivity (Wildman–Crippen MR) is 142 cm³/mol. The maximum Gasteiger partial charge on any atom is 0.326 e. The Labute approximate surface area is 223 Å². The van der Waals surface area contributed by atoms with Crippen molar-refractivity contribution in [3.05, 3.63) is 41.4 Å². The van der Waals surface area contributed by atoms with E-state index < -0.39 is 45.5 Å². The molecule has 2 atom stereocenters. The number of hydrogen-bond donors (Lipinski definition) is 1. The van der Waals surface area contributed by atoms with E-state index >= 15 is 0 Å². The Morgan fingerprint density at radius 3 is 2.38 bits per heavy atom. The Hall–Kier alpha value is -2.69. The van der Waals surface area contributed by atoms with Gasteiger partial charge in [0.25, 0.3) is 0 Å². The van der Waals surface area contributed by atoms with Gasteiger partial charge in [0.2, 0.25) is 21.8 Å². The molecule has 1 N–H and O–H groups in total. The third-order valence-electron chi connectivity index (χ3n) is 6.07. The summed E-state index contributed by atoms with van der Waals surface area (Å²) in [6.07, 6.45) is 0.215. The van der Waals surface area contributed by atoms with Crippen LogP contribution in [0.2, 0.25) is 5.02 Å². The number of carbonyl (C=O) groups is 3. The fraction of sp³-hybridized carbons (Fsp3) is 0.500. The summed E-state index contributed by atoms with van der Waals surface area (Å²) < 4.78 is 33.9. The van der Waals surface area contributed by atoms with Crippen molar-refractivity contribution in [2.75, 3.05) is 13.1 Å². The molecular weight excluding hydrogens is 518 g/mol. The third-order valence-corrected chi connectivity index (χ3v) is 7.78. The predicted octanol–water partition coefficient (Wildman–Crippen LogP) is 3.34. The van der Waals surface area contributed by atoms with Crippen LogP contribution in [0.5, 0.6) is 0 Å². The average Bonchev–Trinajstić information content (AvgIpc) is 3.14. The molecule has 37 heavy (non-hydrogen) atoms. The zero-order valence-corrected chi connectivity index (χ0v) is 23.5. The van der Waals surface area contributed by atoms with Gasteiger partial charge in [-0.2, -0.15) is 4.72 Å². The lowest BCUT2D eigenvalue weighted by Crippen LogP contribution is -2.53. The number of rotatable bonds is 8. The number of benzene rings is 2. The number of nitrogens with zero attached hydrogens (tertiary/aromatic N) is 2. The minimum Gasteiger partial charge on any atom is -0.459 e. The summed E-state index contributed by atoms with van der Waals surface area (Å²) in [5, 5.41) is 2.04. The van der Waals surface area contributed by atoms with Crippen LogP contribution in [0, 0.1) is 0 Å². The molecule has 1 heterocycles. The zero-order valence-electron chi connectivity index (χ0n) is 21.9. The summed E-state index contributed by atoms with van der Waals surface area (Å²) in [4.78, 5) is 41.5. The maximum absolute atomic E-state index is 13.3. The van der Waals surface area contributed by atoms with E-state index in [0.717, 1.165) is 5.39 Å². The molecule has 0 aliphatic carbocycles. The van der Waals surface area contributed by atoms with Crippen LogP contribution in [0.3, 0.4) is 0 Å². The molecule has 9 nitrogen and oxygen atoms in total. The zero-order chi connectivity index (χ0) is 27.7. The van der Waals surface area contributed by atoms with E-state index in [1.165, 1.54) is 21.9 Å². The Kier molecular flexibility index (Phi) is 8.56. The molecule has 1 fully saturated rings. The lowest BCUT2D eigenvalue weighted by atomic mass is 10.1. The van der Waals surface area contributed by atoms with Gasteiger partial charge >= 0.3 is 5.97 Å². The van der Waals surface area contributed by atoms with E-state index in [2.05, 4.69) is 4.72 Å². The van der Waals surface area contributed by atoms with Gasteiger partial charge in [-0.1, -0.05) is 23.7 Å². The van der Waals surface area contributed by atoms with Crippen molar-refractivity contribution < 1.29 is 27.5 Å². The molecule has 1 aliphatic heterocycles. The number of fused-ring (bicyclic) bond motifs is 1. The molecular formula is C26H34ClN3O6S. The van der Waals surface area contributed by atoms with E-state index in [9.17, 15) is 22.8 Å². The van der Waals surface area contributed by atoms with Crippen LogP contribution in [0.15, 0.2) is 41.3 Å². The van der Waals surface area contributed by atoms with Gasteiger partial charge < -0.3 is 14.5 Å². The lowest BCUT2D eigenvalue weighted by molar-refractivity contribution is -0.161. The van der Waals surface area contributed by atoms with Crippen molar-refractivity contribution in [1.82, 2.24) is 14.5 Å². The van der Waals surface area contributed by atoms with E-state index in [4.69, 9.17) is 16.3 Å². The summed E-state index contributed by atoms with van der Waals surface area (Å²) in [6.45, 7) is 10.3. The van der Waals surface area contributed by atoms with Crippen molar-refractivity contribution >= 4 is 50.2 Å². The Bertz CT molecular complexity index is 1310. The number of likely N-dealkylation sites (tertiary alicyclic amines) is 1. The van der Waals surface area contributed by atoms with E-state index in [-0.39, 0.29) is 30.4 Å². The summed E-state index contributed by atoms with van der Waals surface area (Å²) in [5.74, 6) is -1.44. The average molecular weight is 552 g/mol. The second kappa shape index (κ2) is 11.0. The SMILES string of the molecule is CC(C)N(CC(=O)OC(C)(C)C)C(=O)[C@H](C)N1CC[C@H](NS(=O)(=O)c2ccc3cc(Cl)ccc3c2)C1=O. The van der Waals surface area contributed by atoms with Gasteiger partial charge in [-0.25, -0.2) is 8.42 Å². The highest BCUT2D eigenvalue weighted by molar-refractivity contribution is 7.89. The molecule has 0 spiro atoms. The van der Waals surface area contributed by atoms with Gasteiger partial charge in [0, 0.05) is 17.6 Å². The topological polar surface area (TPSA) is 113 Å². The molecule has 1 aliphatic rings. The Morgan fingerprint density at radius 2 is 1.76 bits per heavy atom. The largest absolute Gasteiger partial charge is 0.459 e. The molecule has 0 saturated carbocycles. The fourth-order valence-electron chi connectivity index (χ4n) is 4.21. The van der Waals surface area contributed by atoms with Gasteiger partial charge in [-0.15, -0.1) is 0 Å². The fourth-order valence-corrected chi connectivity index (χ4v) is 5.65. The molecule has 2 aromatic rings. The first-order chi connectivity index (χ1) is 17.1. The number of ether oxygens (including phenoxy) is 1. The first kappa shape index (κ1) is 28.9. The van der Waals surface area contributed by atoms with Crippen molar-refractivity contribution in [3.8, 4) is 0 Å². The van der Waals surface area contributed by atoms with Crippen molar-refractivity contribution in [1.29, 1.82) is 0 Å². The van der Waals surface area contributed by atoms with Crippen molar-refractivity contribution in [2.24, 2.45) is 0 Å². The number of amides is 2. The van der Waals surface area contributed by atoms with Crippen LogP contribution in [0.4, 0.5) is 0 Å². The van der Waals surface area contributed by atoms with E-state index in [1.54, 1.807) is 65.8 Å². The van der Waals surface area contributed by atoms with Crippen LogP contribution in [0.25, 0.3) is 10.8 Å². The van der Waals surface area contributed by atoms with Gasteiger partial charge in [0.05, 0.1) is 4.90 Å². The van der Waals surface area contributed by atoms with Crippen LogP contribution in [-0.2, 0) is 29.1 Å². The second-order valence-corrected chi connectivity index (χ2v) is 12.6. The highest BCUT2D eigenvalue weighted by Gasteiger charge is 2.40. The van der Waals surface area contributed by atoms with Gasteiger partial charge in [0.1, 0.15) is 24.2 Å². The van der Waals surface area contributed by atoms with Crippen LogP contribution in [0.1, 0.15) is 48.0 Å². The van der Waals surface area contributed by atoms with Gasteiger partial charge in [0.15, 0.2) is 0 Å². The molecule has 202 valence electrons. The molecule has 2 aromatic carbocycles. The first-order valence-electron chi connectivity index (χ1n) is 12.1. The monoisotopic (exact) mass is 551 g/mol. The first-order valence-corrected chi connectivity index (χ1v) is 14.0. The standard InChI is InChI=1S/C26H34ClN3O6S/c1-16(2)30(15-23(31)36-26(4,5)6)24(32)17(3)29-12-11-22(25(29)33)28-37(34,35)21-10-8-18-13-20(27)9-7-19(18)14-21/h7-10,13-14,16-17,22,28H,11-12,15H2,1-6H3/t17-,22-/m0/s1. The number of hydrogen-bond acceptors (Lipinski definition) is 6. The smallest absolute Gasteiger partial charge is 0.326 e. The molecule has 3 rings (SSSR count). The second-order valence-electron chi connectivity index (χ2n) is 10.5. The number of esters is 1. The van der Waals surface area contributed by atoms with Crippen LogP contribution < -0.4 is 4.72 Å².